The molecule has 0 aliphatic carbocycles. The molecule has 5 heteroatoms. The monoisotopic (exact) mass is 332 g/mol. The number of fused-ring (bicyclic) bond motifs is 5. The molecule has 5 rings (SSSR count). The van der Waals surface area contributed by atoms with Crippen LogP contribution in [-0.4, -0.2) is 36.0 Å². The number of nitrogens with one attached hydrogen (secondary N) is 1. The second-order valence-corrected chi connectivity index (χ2v) is 6.44. The van der Waals surface area contributed by atoms with Crippen molar-refractivity contribution < 1.29 is 14.3 Å². The smallest absolute Gasteiger partial charge is 0.340 e. The predicted molar refractivity (Wildman–Crippen MR) is 90.9 cm³/mol. The van der Waals surface area contributed by atoms with Crippen LogP contribution in [0.5, 0.6) is 0 Å². The summed E-state index contributed by atoms with van der Waals surface area (Å²) in [6, 6.07) is 16.7. The molecule has 124 valence electrons. The topological polar surface area (TPSA) is 58.6 Å². The average molecular weight is 332 g/mol. The van der Waals surface area contributed by atoms with Gasteiger partial charge in [-0.2, -0.15) is 0 Å². The van der Waals surface area contributed by atoms with E-state index in [1.54, 1.807) is 6.07 Å². The first-order valence-electron chi connectivity index (χ1n) is 8.40. The lowest BCUT2D eigenvalue weighted by Gasteiger charge is -2.33. The van der Waals surface area contributed by atoms with Gasteiger partial charge in [-0.25, -0.2) is 4.79 Å². The number of hydrogen-bond acceptors (Lipinski definition) is 5. The minimum atomic E-state index is -0.449. The normalized spacial score (nSPS) is 23.5. The van der Waals surface area contributed by atoms with E-state index in [0.717, 1.165) is 24.5 Å². The van der Waals surface area contributed by atoms with Gasteiger partial charge in [-0.3, -0.25) is 4.79 Å². The van der Waals surface area contributed by atoms with E-state index in [2.05, 4.69) is 5.32 Å². The van der Waals surface area contributed by atoms with Gasteiger partial charge in [0.1, 0.15) is 5.82 Å². The fraction of sp³-hybridized carbons (Fsp3) is 0.200. The molecular formula is C20H16N2O3. The number of nitrogens with zero attached hydrogens (tertiary/aromatic N) is 1. The molecule has 25 heavy (non-hydrogen) atoms. The molecule has 1 N–H and O–H groups in total. The summed E-state index contributed by atoms with van der Waals surface area (Å²) in [5, 5.41) is 3.31. The Morgan fingerprint density at radius 1 is 1.08 bits per heavy atom. The number of ether oxygens (including phenoxy) is 1. The molecule has 2 aromatic carbocycles. The zero-order valence-corrected chi connectivity index (χ0v) is 13.4. The lowest BCUT2D eigenvalue weighted by Crippen LogP contribution is -2.40. The molecule has 3 aliphatic rings. The molecule has 0 aromatic heterocycles. The van der Waals surface area contributed by atoms with Gasteiger partial charge >= 0.3 is 5.97 Å². The lowest BCUT2D eigenvalue weighted by atomic mass is 9.83. The first kappa shape index (κ1) is 14.3. The van der Waals surface area contributed by atoms with Crippen LogP contribution in [-0.2, 0) is 4.74 Å². The lowest BCUT2D eigenvalue weighted by molar-refractivity contribution is -0.0191. The Morgan fingerprint density at radius 2 is 1.84 bits per heavy atom. The third-order valence-electron chi connectivity index (χ3n) is 5.11. The summed E-state index contributed by atoms with van der Waals surface area (Å²) >= 11 is 0. The number of carbonyl (C=O) groups is 2. The molecule has 0 saturated carbocycles. The third kappa shape index (κ3) is 1.95. The van der Waals surface area contributed by atoms with Gasteiger partial charge < -0.3 is 15.0 Å². The van der Waals surface area contributed by atoms with Crippen molar-refractivity contribution in [2.75, 3.05) is 13.1 Å². The maximum Gasteiger partial charge on any atom is 0.340 e. The van der Waals surface area contributed by atoms with Crippen LogP contribution in [0.3, 0.4) is 0 Å². The molecule has 2 atom stereocenters. The molecule has 0 spiro atoms. The van der Waals surface area contributed by atoms with Crippen molar-refractivity contribution in [1.82, 2.24) is 10.2 Å². The summed E-state index contributed by atoms with van der Waals surface area (Å²) < 4.78 is 5.72. The standard InChI is InChI=1S/C20H16N2O3/c23-17(12-6-2-1-3-7-12)16-15-13-8-4-5-9-14(13)20(24)25-19(15)22-11-10-21-18(16)22/h1-9,15,19,21H,10-11H2. The molecule has 5 nitrogen and oxygen atoms in total. The van der Waals surface area contributed by atoms with Gasteiger partial charge in [0.05, 0.1) is 17.1 Å². The maximum absolute atomic E-state index is 13.3. The molecule has 2 aromatic rings. The summed E-state index contributed by atoms with van der Waals surface area (Å²) in [5.41, 5.74) is 2.75. The number of hydrogen-bond donors (Lipinski definition) is 1. The van der Waals surface area contributed by atoms with E-state index in [1.165, 1.54) is 0 Å². The van der Waals surface area contributed by atoms with Gasteiger partial charge in [-0.1, -0.05) is 48.5 Å². The number of Topliss-reactive ketones (excluding diaryl/α,β-unsaturated/α-hetero) is 1. The van der Waals surface area contributed by atoms with Crippen molar-refractivity contribution in [1.29, 1.82) is 0 Å². The van der Waals surface area contributed by atoms with Gasteiger partial charge in [0.2, 0.25) is 0 Å². The van der Waals surface area contributed by atoms with Crippen molar-refractivity contribution in [3.8, 4) is 0 Å². The van der Waals surface area contributed by atoms with E-state index in [4.69, 9.17) is 4.74 Å². The van der Waals surface area contributed by atoms with E-state index in [1.807, 2.05) is 53.4 Å². The van der Waals surface area contributed by atoms with Crippen molar-refractivity contribution >= 4 is 11.8 Å². The largest absolute Gasteiger partial charge is 0.437 e. The molecule has 0 radical (unpaired) electrons. The Hall–Kier alpha value is -3.08. The van der Waals surface area contributed by atoms with E-state index in [0.29, 0.717) is 16.7 Å². The summed E-state index contributed by atoms with van der Waals surface area (Å²) in [6.45, 7) is 1.46. The summed E-state index contributed by atoms with van der Waals surface area (Å²) in [4.78, 5) is 27.7. The molecule has 0 bridgehead atoms. The van der Waals surface area contributed by atoms with Crippen LogP contribution in [0.2, 0.25) is 0 Å². The van der Waals surface area contributed by atoms with Crippen LogP contribution in [0.25, 0.3) is 0 Å². The van der Waals surface area contributed by atoms with Crippen molar-refractivity contribution in [3.63, 3.8) is 0 Å². The number of ketones is 1. The SMILES string of the molecule is O=C(C1=C2NCCN2C2OC(=O)c3ccccc3C12)c1ccccc1. The number of carbonyl (C=O) groups excluding carboxylic acids is 2. The maximum atomic E-state index is 13.3. The van der Waals surface area contributed by atoms with Crippen LogP contribution in [0.1, 0.15) is 32.2 Å². The van der Waals surface area contributed by atoms with Crippen LogP contribution < -0.4 is 5.32 Å². The highest BCUT2D eigenvalue weighted by Gasteiger charge is 2.51. The summed E-state index contributed by atoms with van der Waals surface area (Å²) in [6.07, 6.45) is -0.449. The Labute approximate surface area is 144 Å². The fourth-order valence-electron chi connectivity index (χ4n) is 4.04. The van der Waals surface area contributed by atoms with E-state index in [-0.39, 0.29) is 17.7 Å². The third-order valence-corrected chi connectivity index (χ3v) is 5.11. The Morgan fingerprint density at radius 3 is 2.68 bits per heavy atom. The van der Waals surface area contributed by atoms with E-state index in [9.17, 15) is 9.59 Å². The van der Waals surface area contributed by atoms with Gasteiger partial charge in [-0.15, -0.1) is 0 Å². The summed E-state index contributed by atoms with van der Waals surface area (Å²) in [5.74, 6) is 0.199. The Kier molecular flexibility index (Phi) is 2.98. The molecule has 3 heterocycles. The molecule has 1 saturated heterocycles. The van der Waals surface area contributed by atoms with Crippen LogP contribution in [0, 0.1) is 0 Å². The highest BCUT2D eigenvalue weighted by atomic mass is 16.6. The number of benzene rings is 2. The second kappa shape index (κ2) is 5.21. The molecule has 1 fully saturated rings. The molecule has 0 amide bonds. The molecule has 2 unspecified atom stereocenters. The highest BCUT2D eigenvalue weighted by molar-refractivity contribution is 6.11. The highest BCUT2D eigenvalue weighted by Crippen LogP contribution is 2.47. The fourth-order valence-corrected chi connectivity index (χ4v) is 4.04. The van der Waals surface area contributed by atoms with Crippen molar-refractivity contribution in [2.45, 2.75) is 12.1 Å². The van der Waals surface area contributed by atoms with Crippen LogP contribution >= 0.6 is 0 Å². The number of rotatable bonds is 2. The summed E-state index contributed by atoms with van der Waals surface area (Å²) in [7, 11) is 0. The Balaban J connectivity index is 1.69. The van der Waals surface area contributed by atoms with Gasteiger partial charge in [0.15, 0.2) is 12.0 Å². The van der Waals surface area contributed by atoms with E-state index < -0.39 is 6.23 Å². The first-order valence-corrected chi connectivity index (χ1v) is 8.40. The van der Waals surface area contributed by atoms with Crippen LogP contribution in [0.4, 0.5) is 0 Å². The predicted octanol–water partition coefficient (Wildman–Crippen LogP) is 2.28. The zero-order valence-electron chi connectivity index (χ0n) is 13.4. The first-order chi connectivity index (χ1) is 12.3. The number of esters is 1. The van der Waals surface area contributed by atoms with Crippen LogP contribution in [0.15, 0.2) is 66.0 Å². The zero-order chi connectivity index (χ0) is 17.0. The molecular weight excluding hydrogens is 316 g/mol. The minimum absolute atomic E-state index is 0.0183. The Bertz CT molecular complexity index is 920. The van der Waals surface area contributed by atoms with Gasteiger partial charge in [-0.05, 0) is 11.6 Å². The minimum Gasteiger partial charge on any atom is -0.437 e. The quantitative estimate of drug-likeness (QED) is 0.675. The van der Waals surface area contributed by atoms with E-state index >= 15 is 0 Å². The average Bonchev–Trinajstić information content (AvgIpc) is 3.23. The second-order valence-electron chi connectivity index (χ2n) is 6.44. The van der Waals surface area contributed by atoms with Crippen molar-refractivity contribution in [2.24, 2.45) is 0 Å². The van der Waals surface area contributed by atoms with Gasteiger partial charge in [0.25, 0.3) is 0 Å². The molecule has 3 aliphatic heterocycles. The van der Waals surface area contributed by atoms with Crippen molar-refractivity contribution in [3.05, 3.63) is 82.7 Å². The van der Waals surface area contributed by atoms with Gasteiger partial charge in [0, 0.05) is 18.7 Å².